The summed E-state index contributed by atoms with van der Waals surface area (Å²) in [4.78, 5) is 7.98. The van der Waals surface area contributed by atoms with E-state index in [-0.39, 0.29) is 11.0 Å². The predicted molar refractivity (Wildman–Crippen MR) is 99.0 cm³/mol. The standard InChI is InChI=1S/C17H16BrN3O3S/c18-11-3-6-13(7-4-11)25(22,23)21-12-5-8-14-15(10-12)20-17(19-14)16-2-1-9-24-16/h3-8,10,16,21H,1-2,9H2,(H,19,20). The van der Waals surface area contributed by atoms with Gasteiger partial charge in [0.1, 0.15) is 11.9 Å². The van der Waals surface area contributed by atoms with Crippen LogP contribution in [0.3, 0.4) is 0 Å². The first-order valence-corrected chi connectivity index (χ1v) is 10.2. The summed E-state index contributed by atoms with van der Waals surface area (Å²) in [6.45, 7) is 0.750. The molecule has 6 nitrogen and oxygen atoms in total. The van der Waals surface area contributed by atoms with Crippen molar-refractivity contribution in [3.8, 4) is 0 Å². The number of nitrogens with zero attached hydrogens (tertiary/aromatic N) is 1. The second kappa shape index (κ2) is 6.44. The van der Waals surface area contributed by atoms with Crippen LogP contribution in [0.15, 0.2) is 51.8 Å². The van der Waals surface area contributed by atoms with Gasteiger partial charge in [-0.2, -0.15) is 0 Å². The second-order valence-electron chi connectivity index (χ2n) is 5.92. The first kappa shape index (κ1) is 16.6. The number of fused-ring (bicyclic) bond motifs is 1. The maximum absolute atomic E-state index is 12.5. The Bertz CT molecular complexity index is 1010. The fourth-order valence-electron chi connectivity index (χ4n) is 2.87. The minimum absolute atomic E-state index is 0.00435. The number of nitrogens with one attached hydrogen (secondary N) is 2. The van der Waals surface area contributed by atoms with E-state index in [2.05, 4.69) is 30.6 Å². The van der Waals surface area contributed by atoms with Crippen LogP contribution < -0.4 is 4.72 Å². The van der Waals surface area contributed by atoms with Gasteiger partial charge < -0.3 is 9.72 Å². The normalized spacial score (nSPS) is 17.9. The Morgan fingerprint density at radius 1 is 1.20 bits per heavy atom. The summed E-state index contributed by atoms with van der Waals surface area (Å²) in [7, 11) is -3.64. The Hall–Kier alpha value is -1.90. The summed E-state index contributed by atoms with van der Waals surface area (Å²) in [5.41, 5.74) is 2.05. The summed E-state index contributed by atoms with van der Waals surface area (Å²) >= 11 is 3.30. The molecule has 1 atom stereocenters. The van der Waals surface area contributed by atoms with E-state index in [1.165, 1.54) is 0 Å². The van der Waals surface area contributed by atoms with Crippen LogP contribution in [0.1, 0.15) is 24.8 Å². The molecular formula is C17H16BrN3O3S. The van der Waals surface area contributed by atoms with Crippen molar-refractivity contribution in [1.29, 1.82) is 0 Å². The van der Waals surface area contributed by atoms with Crippen molar-refractivity contribution in [2.75, 3.05) is 11.3 Å². The van der Waals surface area contributed by atoms with Gasteiger partial charge in [-0.3, -0.25) is 4.72 Å². The van der Waals surface area contributed by atoms with Crippen molar-refractivity contribution < 1.29 is 13.2 Å². The third-order valence-electron chi connectivity index (χ3n) is 4.11. The maximum Gasteiger partial charge on any atom is 0.261 e. The molecule has 2 heterocycles. The SMILES string of the molecule is O=S(=O)(Nc1ccc2nc(C3CCCO3)[nH]c2c1)c1ccc(Br)cc1. The Morgan fingerprint density at radius 3 is 2.72 bits per heavy atom. The average Bonchev–Trinajstić information content (AvgIpc) is 3.23. The highest BCUT2D eigenvalue weighted by molar-refractivity contribution is 9.10. The summed E-state index contributed by atoms with van der Waals surface area (Å²) in [6, 6.07) is 11.7. The molecule has 130 valence electrons. The second-order valence-corrected chi connectivity index (χ2v) is 8.51. The minimum Gasteiger partial charge on any atom is -0.370 e. The summed E-state index contributed by atoms with van der Waals surface area (Å²) in [6.07, 6.45) is 1.97. The molecule has 4 rings (SSSR count). The highest BCUT2D eigenvalue weighted by Gasteiger charge is 2.21. The number of anilines is 1. The molecule has 25 heavy (non-hydrogen) atoms. The van der Waals surface area contributed by atoms with Gasteiger partial charge in [-0.25, -0.2) is 13.4 Å². The van der Waals surface area contributed by atoms with Crippen LogP contribution >= 0.6 is 15.9 Å². The molecule has 0 spiro atoms. The number of sulfonamides is 1. The smallest absolute Gasteiger partial charge is 0.261 e. The van der Waals surface area contributed by atoms with Gasteiger partial charge in [0, 0.05) is 11.1 Å². The van der Waals surface area contributed by atoms with E-state index in [4.69, 9.17) is 4.74 Å². The van der Waals surface area contributed by atoms with Crippen molar-refractivity contribution >= 4 is 42.7 Å². The molecule has 1 unspecified atom stereocenters. The molecule has 1 saturated heterocycles. The monoisotopic (exact) mass is 421 g/mol. The number of H-pyrrole nitrogens is 1. The zero-order valence-corrected chi connectivity index (χ0v) is 15.6. The molecule has 0 amide bonds. The molecule has 0 saturated carbocycles. The summed E-state index contributed by atoms with van der Waals surface area (Å²) in [5.74, 6) is 0.792. The zero-order valence-electron chi connectivity index (χ0n) is 13.2. The van der Waals surface area contributed by atoms with Crippen LogP contribution in [-0.4, -0.2) is 25.0 Å². The predicted octanol–water partition coefficient (Wildman–Crippen LogP) is 3.98. The lowest BCUT2D eigenvalue weighted by Crippen LogP contribution is -2.12. The highest BCUT2D eigenvalue weighted by atomic mass is 79.9. The molecule has 1 aliphatic heterocycles. The van der Waals surface area contributed by atoms with Crippen LogP contribution in [0.4, 0.5) is 5.69 Å². The first-order valence-electron chi connectivity index (χ1n) is 7.91. The van der Waals surface area contributed by atoms with Gasteiger partial charge in [0.2, 0.25) is 0 Å². The Labute approximate surface area is 153 Å². The number of imidazole rings is 1. The number of aromatic amines is 1. The lowest BCUT2D eigenvalue weighted by molar-refractivity contribution is 0.106. The number of aromatic nitrogens is 2. The minimum atomic E-state index is -3.64. The largest absolute Gasteiger partial charge is 0.370 e. The summed E-state index contributed by atoms with van der Waals surface area (Å²) in [5, 5.41) is 0. The van der Waals surface area contributed by atoms with Crippen LogP contribution in [0.2, 0.25) is 0 Å². The number of ether oxygens (including phenoxy) is 1. The molecule has 8 heteroatoms. The van der Waals surface area contributed by atoms with Crippen molar-refractivity contribution in [2.45, 2.75) is 23.8 Å². The molecule has 1 aliphatic rings. The molecule has 0 aliphatic carbocycles. The van der Waals surface area contributed by atoms with E-state index in [0.717, 1.165) is 40.8 Å². The van der Waals surface area contributed by atoms with Gasteiger partial charge in [-0.15, -0.1) is 0 Å². The quantitative estimate of drug-likeness (QED) is 0.666. The van der Waals surface area contributed by atoms with Crippen LogP contribution in [-0.2, 0) is 14.8 Å². The Morgan fingerprint density at radius 2 is 2.00 bits per heavy atom. The van der Waals surface area contributed by atoms with Gasteiger partial charge in [0.15, 0.2) is 0 Å². The van der Waals surface area contributed by atoms with Gasteiger partial charge in [-0.1, -0.05) is 15.9 Å². The van der Waals surface area contributed by atoms with Gasteiger partial charge >= 0.3 is 0 Å². The maximum atomic E-state index is 12.5. The van der Waals surface area contributed by atoms with E-state index in [1.807, 2.05) is 0 Å². The van der Waals surface area contributed by atoms with E-state index >= 15 is 0 Å². The van der Waals surface area contributed by atoms with Crippen molar-refractivity contribution in [3.63, 3.8) is 0 Å². The van der Waals surface area contributed by atoms with Crippen molar-refractivity contribution in [3.05, 3.63) is 52.8 Å². The fourth-order valence-corrected chi connectivity index (χ4v) is 4.18. The van der Waals surface area contributed by atoms with E-state index in [1.54, 1.807) is 42.5 Å². The van der Waals surface area contributed by atoms with Crippen molar-refractivity contribution in [1.82, 2.24) is 9.97 Å². The topological polar surface area (TPSA) is 84.1 Å². The molecule has 1 fully saturated rings. The first-order chi connectivity index (χ1) is 12.0. The van der Waals surface area contributed by atoms with Gasteiger partial charge in [0.05, 0.1) is 21.6 Å². The molecule has 0 bridgehead atoms. The number of hydrogen-bond acceptors (Lipinski definition) is 4. The van der Waals surface area contributed by atoms with E-state index < -0.39 is 10.0 Å². The zero-order chi connectivity index (χ0) is 17.4. The lowest BCUT2D eigenvalue weighted by Gasteiger charge is -2.08. The molecular weight excluding hydrogens is 406 g/mol. The third-order valence-corrected chi connectivity index (χ3v) is 6.04. The molecule has 3 aromatic rings. The lowest BCUT2D eigenvalue weighted by atomic mass is 10.2. The molecule has 0 radical (unpaired) electrons. The molecule has 2 N–H and O–H groups in total. The van der Waals surface area contributed by atoms with Crippen LogP contribution in [0, 0.1) is 0 Å². The Kier molecular flexibility index (Phi) is 4.26. The summed E-state index contributed by atoms with van der Waals surface area (Å²) < 4.78 is 34.0. The number of hydrogen-bond donors (Lipinski definition) is 2. The van der Waals surface area contributed by atoms with Gasteiger partial charge in [-0.05, 0) is 55.3 Å². The number of halogens is 1. The Balaban J connectivity index is 1.61. The molecule has 2 aromatic carbocycles. The number of rotatable bonds is 4. The van der Waals surface area contributed by atoms with E-state index in [0.29, 0.717) is 5.69 Å². The molecule has 1 aromatic heterocycles. The third kappa shape index (κ3) is 3.42. The highest BCUT2D eigenvalue weighted by Crippen LogP contribution is 2.29. The fraction of sp³-hybridized carbons (Fsp3) is 0.235. The average molecular weight is 422 g/mol. The van der Waals surface area contributed by atoms with E-state index in [9.17, 15) is 8.42 Å². The van der Waals surface area contributed by atoms with Crippen molar-refractivity contribution in [2.24, 2.45) is 0 Å². The van der Waals surface area contributed by atoms with Crippen LogP contribution in [0.25, 0.3) is 11.0 Å². The number of benzene rings is 2. The van der Waals surface area contributed by atoms with Gasteiger partial charge in [0.25, 0.3) is 10.0 Å². The van der Waals surface area contributed by atoms with Crippen LogP contribution in [0.5, 0.6) is 0 Å².